The lowest BCUT2D eigenvalue weighted by molar-refractivity contribution is 0.0599. The molecule has 0 atom stereocenters. The number of hydrogen-bond acceptors (Lipinski definition) is 3. The highest BCUT2D eigenvalue weighted by molar-refractivity contribution is 5.91. The SMILES string of the molecule is CCc1cc(-c2ccco2)ccc1C(=O)OC. The Bertz CT molecular complexity index is 512. The number of carbonyl (C=O) groups is 1. The van der Waals surface area contributed by atoms with Gasteiger partial charge in [-0.2, -0.15) is 0 Å². The molecule has 0 spiro atoms. The molecule has 88 valence electrons. The van der Waals surface area contributed by atoms with Gasteiger partial charge in [0.25, 0.3) is 0 Å². The van der Waals surface area contributed by atoms with E-state index in [9.17, 15) is 4.79 Å². The molecule has 0 fully saturated rings. The van der Waals surface area contributed by atoms with E-state index in [-0.39, 0.29) is 5.97 Å². The van der Waals surface area contributed by atoms with E-state index in [1.54, 1.807) is 12.3 Å². The molecular weight excluding hydrogens is 216 g/mol. The van der Waals surface area contributed by atoms with Gasteiger partial charge in [0.2, 0.25) is 0 Å². The van der Waals surface area contributed by atoms with Crippen LogP contribution >= 0.6 is 0 Å². The number of carbonyl (C=O) groups excluding carboxylic acids is 1. The Hall–Kier alpha value is -2.03. The second-order valence-electron chi connectivity index (χ2n) is 3.69. The van der Waals surface area contributed by atoms with E-state index >= 15 is 0 Å². The van der Waals surface area contributed by atoms with Gasteiger partial charge in [-0.3, -0.25) is 0 Å². The molecule has 0 radical (unpaired) electrons. The summed E-state index contributed by atoms with van der Waals surface area (Å²) in [5, 5.41) is 0. The predicted octanol–water partition coefficient (Wildman–Crippen LogP) is 3.30. The summed E-state index contributed by atoms with van der Waals surface area (Å²) >= 11 is 0. The summed E-state index contributed by atoms with van der Waals surface area (Å²) in [6.45, 7) is 2.01. The van der Waals surface area contributed by atoms with Gasteiger partial charge in [0.15, 0.2) is 0 Å². The van der Waals surface area contributed by atoms with E-state index < -0.39 is 0 Å². The standard InChI is InChI=1S/C14H14O3/c1-3-10-9-11(13-5-4-8-17-13)6-7-12(10)14(15)16-2/h4-9H,3H2,1-2H3. The molecule has 0 bridgehead atoms. The fourth-order valence-electron chi connectivity index (χ4n) is 1.79. The smallest absolute Gasteiger partial charge is 0.338 e. The van der Waals surface area contributed by atoms with Gasteiger partial charge < -0.3 is 9.15 Å². The van der Waals surface area contributed by atoms with Crippen molar-refractivity contribution in [1.82, 2.24) is 0 Å². The van der Waals surface area contributed by atoms with Crippen molar-refractivity contribution in [3.05, 3.63) is 47.7 Å². The van der Waals surface area contributed by atoms with E-state index in [1.165, 1.54) is 7.11 Å². The Kier molecular flexibility index (Phi) is 3.28. The number of ether oxygens (including phenoxy) is 1. The van der Waals surface area contributed by atoms with Crippen LogP contribution in [0.4, 0.5) is 0 Å². The summed E-state index contributed by atoms with van der Waals surface area (Å²) in [5.74, 6) is 0.504. The quantitative estimate of drug-likeness (QED) is 0.759. The Labute approximate surface area is 100 Å². The number of aryl methyl sites for hydroxylation is 1. The van der Waals surface area contributed by atoms with Gasteiger partial charge in [0, 0.05) is 5.56 Å². The van der Waals surface area contributed by atoms with Gasteiger partial charge in [-0.05, 0) is 36.2 Å². The van der Waals surface area contributed by atoms with Gasteiger partial charge >= 0.3 is 5.97 Å². The number of esters is 1. The second kappa shape index (κ2) is 4.87. The monoisotopic (exact) mass is 230 g/mol. The molecule has 0 amide bonds. The first-order valence-corrected chi connectivity index (χ1v) is 5.51. The van der Waals surface area contributed by atoms with Crippen molar-refractivity contribution < 1.29 is 13.9 Å². The minimum atomic E-state index is -0.298. The van der Waals surface area contributed by atoms with Crippen molar-refractivity contribution >= 4 is 5.97 Å². The van der Waals surface area contributed by atoms with Gasteiger partial charge in [-0.1, -0.05) is 13.0 Å². The summed E-state index contributed by atoms with van der Waals surface area (Å²) in [6, 6.07) is 9.35. The first-order valence-electron chi connectivity index (χ1n) is 5.51. The minimum Gasteiger partial charge on any atom is -0.465 e. The highest BCUT2D eigenvalue weighted by atomic mass is 16.5. The molecule has 0 aliphatic rings. The molecule has 3 nitrogen and oxygen atoms in total. The van der Waals surface area contributed by atoms with Crippen molar-refractivity contribution in [2.75, 3.05) is 7.11 Å². The van der Waals surface area contributed by atoms with Crippen molar-refractivity contribution in [2.45, 2.75) is 13.3 Å². The van der Waals surface area contributed by atoms with E-state index in [0.717, 1.165) is 23.3 Å². The Morgan fingerprint density at radius 3 is 2.76 bits per heavy atom. The minimum absolute atomic E-state index is 0.298. The van der Waals surface area contributed by atoms with Crippen LogP contribution < -0.4 is 0 Å². The zero-order valence-corrected chi connectivity index (χ0v) is 9.90. The Balaban J connectivity index is 2.44. The normalized spacial score (nSPS) is 10.2. The average molecular weight is 230 g/mol. The van der Waals surface area contributed by atoms with Gasteiger partial charge in [-0.25, -0.2) is 4.79 Å². The number of methoxy groups -OCH3 is 1. The lowest BCUT2D eigenvalue weighted by Crippen LogP contribution is -2.05. The molecule has 2 rings (SSSR count). The highest BCUT2D eigenvalue weighted by Gasteiger charge is 2.12. The number of hydrogen-bond donors (Lipinski definition) is 0. The zero-order chi connectivity index (χ0) is 12.3. The van der Waals surface area contributed by atoms with Crippen molar-refractivity contribution in [1.29, 1.82) is 0 Å². The number of furan rings is 1. The zero-order valence-electron chi connectivity index (χ0n) is 9.90. The topological polar surface area (TPSA) is 39.4 Å². The molecule has 3 heteroatoms. The molecule has 17 heavy (non-hydrogen) atoms. The van der Waals surface area contributed by atoms with E-state index in [0.29, 0.717) is 5.56 Å². The average Bonchev–Trinajstić information content (AvgIpc) is 2.91. The fraction of sp³-hybridized carbons (Fsp3) is 0.214. The summed E-state index contributed by atoms with van der Waals surface area (Å²) in [7, 11) is 1.39. The molecule has 0 N–H and O–H groups in total. The maximum absolute atomic E-state index is 11.5. The van der Waals surface area contributed by atoms with Crippen LogP contribution in [0.25, 0.3) is 11.3 Å². The highest BCUT2D eigenvalue weighted by Crippen LogP contribution is 2.23. The van der Waals surface area contributed by atoms with E-state index in [4.69, 9.17) is 9.15 Å². The lowest BCUT2D eigenvalue weighted by atomic mass is 10.0. The molecule has 1 aromatic carbocycles. The molecule has 0 unspecified atom stereocenters. The number of rotatable bonds is 3. The summed E-state index contributed by atoms with van der Waals surface area (Å²) < 4.78 is 10.1. The van der Waals surface area contributed by atoms with Crippen molar-refractivity contribution in [2.24, 2.45) is 0 Å². The maximum atomic E-state index is 11.5. The van der Waals surface area contributed by atoms with Crippen molar-refractivity contribution in [3.8, 4) is 11.3 Å². The second-order valence-corrected chi connectivity index (χ2v) is 3.69. The van der Waals surface area contributed by atoms with Crippen LogP contribution in [0.15, 0.2) is 41.0 Å². The third-order valence-corrected chi connectivity index (χ3v) is 2.70. The van der Waals surface area contributed by atoms with E-state index in [1.807, 2.05) is 31.2 Å². The largest absolute Gasteiger partial charge is 0.465 e. The molecular formula is C14H14O3. The van der Waals surface area contributed by atoms with Crippen LogP contribution in [-0.4, -0.2) is 13.1 Å². The Morgan fingerprint density at radius 1 is 1.35 bits per heavy atom. The molecule has 0 aliphatic heterocycles. The molecule has 0 saturated heterocycles. The fourth-order valence-corrected chi connectivity index (χ4v) is 1.79. The van der Waals surface area contributed by atoms with Crippen LogP contribution in [0, 0.1) is 0 Å². The van der Waals surface area contributed by atoms with Crippen LogP contribution in [0.2, 0.25) is 0 Å². The van der Waals surface area contributed by atoms with Gasteiger partial charge in [-0.15, -0.1) is 0 Å². The van der Waals surface area contributed by atoms with Gasteiger partial charge in [0.1, 0.15) is 5.76 Å². The van der Waals surface area contributed by atoms with Crippen LogP contribution in [-0.2, 0) is 11.2 Å². The molecule has 0 aliphatic carbocycles. The predicted molar refractivity (Wildman–Crippen MR) is 64.9 cm³/mol. The lowest BCUT2D eigenvalue weighted by Gasteiger charge is -2.07. The molecule has 2 aromatic rings. The van der Waals surface area contributed by atoms with Crippen LogP contribution in [0.3, 0.4) is 0 Å². The summed E-state index contributed by atoms with van der Waals surface area (Å²) in [6.07, 6.45) is 2.41. The van der Waals surface area contributed by atoms with Gasteiger partial charge in [0.05, 0.1) is 18.9 Å². The summed E-state index contributed by atoms with van der Waals surface area (Å²) in [4.78, 5) is 11.5. The van der Waals surface area contributed by atoms with Crippen molar-refractivity contribution in [3.63, 3.8) is 0 Å². The Morgan fingerprint density at radius 2 is 2.18 bits per heavy atom. The maximum Gasteiger partial charge on any atom is 0.338 e. The molecule has 1 aromatic heterocycles. The molecule has 0 saturated carbocycles. The first-order chi connectivity index (χ1) is 8.26. The third-order valence-electron chi connectivity index (χ3n) is 2.70. The summed E-state index contributed by atoms with van der Waals surface area (Å²) in [5.41, 5.74) is 2.55. The molecule has 1 heterocycles. The van der Waals surface area contributed by atoms with Crippen LogP contribution in [0.1, 0.15) is 22.8 Å². The third kappa shape index (κ3) is 2.23. The first kappa shape index (κ1) is 11.5. The number of benzene rings is 1. The van der Waals surface area contributed by atoms with E-state index in [2.05, 4.69) is 0 Å². The van der Waals surface area contributed by atoms with Crippen LogP contribution in [0.5, 0.6) is 0 Å².